The topological polar surface area (TPSA) is 64.3 Å². The lowest BCUT2D eigenvalue weighted by atomic mass is 10.1. The van der Waals surface area contributed by atoms with Gasteiger partial charge in [-0.25, -0.2) is 0 Å². The molecule has 1 N–H and O–H groups in total. The second-order valence-corrected chi connectivity index (χ2v) is 5.04. The molecule has 1 aliphatic carbocycles. The molecule has 2 rings (SSSR count). The molecule has 0 aromatic heterocycles. The summed E-state index contributed by atoms with van der Waals surface area (Å²) in [5.74, 6) is 0.538. The third-order valence-corrected chi connectivity index (χ3v) is 3.61. The Bertz CT molecular complexity index is 503. The summed E-state index contributed by atoms with van der Waals surface area (Å²) in [5.41, 5.74) is 0.477. The Hall–Kier alpha value is -2.02. The maximum Gasteiger partial charge on any atom is 0.254 e. The Kier molecular flexibility index (Phi) is 4.06. The highest BCUT2D eigenvalue weighted by Crippen LogP contribution is 2.35. The molecule has 0 saturated heterocycles. The number of phenolic OH excluding ortho intramolecular Hbond substituents is 1. The lowest BCUT2D eigenvalue weighted by Gasteiger charge is -2.28. The molecule has 1 aromatic rings. The third-order valence-electron chi connectivity index (χ3n) is 3.61. The standard InChI is InChI=1S/C15H18N2O2/c1-11(12-6-7-12)17(9-3-8-16)15(19)13-4-2-5-14(18)10-13/h2,4-5,10-12,18H,3,6-7,9H2,1H3. The van der Waals surface area contributed by atoms with Gasteiger partial charge >= 0.3 is 0 Å². The number of hydrogen-bond donors (Lipinski definition) is 1. The SMILES string of the molecule is CC(C1CC1)N(CCC#N)C(=O)c1cccc(O)c1. The van der Waals surface area contributed by atoms with Crippen LogP contribution in [0.1, 0.15) is 36.5 Å². The first-order valence-corrected chi connectivity index (χ1v) is 6.60. The zero-order valence-electron chi connectivity index (χ0n) is 11.0. The van der Waals surface area contributed by atoms with Gasteiger partial charge in [0.1, 0.15) is 5.75 Å². The first-order valence-electron chi connectivity index (χ1n) is 6.60. The van der Waals surface area contributed by atoms with Crippen LogP contribution in [0.4, 0.5) is 0 Å². The lowest BCUT2D eigenvalue weighted by molar-refractivity contribution is 0.0676. The number of nitrogens with zero attached hydrogens (tertiary/aromatic N) is 2. The van der Waals surface area contributed by atoms with Gasteiger partial charge in [0.2, 0.25) is 0 Å². The summed E-state index contributed by atoms with van der Waals surface area (Å²) in [5, 5.41) is 18.2. The maximum atomic E-state index is 12.5. The summed E-state index contributed by atoms with van der Waals surface area (Å²) >= 11 is 0. The van der Waals surface area contributed by atoms with Crippen molar-refractivity contribution in [2.45, 2.75) is 32.2 Å². The number of phenols is 1. The predicted molar refractivity (Wildman–Crippen MR) is 71.6 cm³/mol. The number of carbonyl (C=O) groups excluding carboxylic acids is 1. The second-order valence-electron chi connectivity index (χ2n) is 5.04. The van der Waals surface area contributed by atoms with Gasteiger partial charge in [-0.2, -0.15) is 5.26 Å². The molecule has 1 aromatic carbocycles. The van der Waals surface area contributed by atoms with Gasteiger partial charge in [0.05, 0.1) is 12.5 Å². The monoisotopic (exact) mass is 258 g/mol. The van der Waals surface area contributed by atoms with Crippen LogP contribution in [0.25, 0.3) is 0 Å². The summed E-state index contributed by atoms with van der Waals surface area (Å²) in [7, 11) is 0. The molecule has 0 bridgehead atoms. The van der Waals surface area contributed by atoms with Crippen LogP contribution in [0.15, 0.2) is 24.3 Å². The normalized spacial score (nSPS) is 15.6. The molecule has 0 heterocycles. The molecule has 1 aliphatic rings. The van der Waals surface area contributed by atoms with E-state index in [1.165, 1.54) is 6.07 Å². The van der Waals surface area contributed by atoms with Crippen molar-refractivity contribution in [2.75, 3.05) is 6.54 Å². The maximum absolute atomic E-state index is 12.5. The highest BCUT2D eigenvalue weighted by Gasteiger charge is 2.34. The molecule has 4 heteroatoms. The molecule has 100 valence electrons. The zero-order chi connectivity index (χ0) is 13.8. The van der Waals surface area contributed by atoms with Crippen molar-refractivity contribution in [3.8, 4) is 11.8 Å². The van der Waals surface area contributed by atoms with Crippen LogP contribution < -0.4 is 0 Å². The Balaban J connectivity index is 2.17. The fourth-order valence-electron chi connectivity index (χ4n) is 2.30. The van der Waals surface area contributed by atoms with E-state index in [-0.39, 0.29) is 17.7 Å². The Labute approximate surface area is 113 Å². The number of aromatic hydroxyl groups is 1. The summed E-state index contributed by atoms with van der Waals surface area (Å²) < 4.78 is 0. The van der Waals surface area contributed by atoms with Crippen molar-refractivity contribution in [3.63, 3.8) is 0 Å². The van der Waals surface area contributed by atoms with Gasteiger partial charge in [-0.3, -0.25) is 4.79 Å². The molecule has 19 heavy (non-hydrogen) atoms. The molecule has 1 amide bonds. The van der Waals surface area contributed by atoms with Crippen molar-refractivity contribution in [1.82, 2.24) is 4.90 Å². The highest BCUT2D eigenvalue weighted by molar-refractivity contribution is 5.94. The minimum Gasteiger partial charge on any atom is -0.508 e. The number of hydrogen-bond acceptors (Lipinski definition) is 3. The van der Waals surface area contributed by atoms with Crippen molar-refractivity contribution in [1.29, 1.82) is 5.26 Å². The van der Waals surface area contributed by atoms with E-state index < -0.39 is 0 Å². The van der Waals surface area contributed by atoms with E-state index in [2.05, 4.69) is 6.07 Å². The molecule has 1 fully saturated rings. The van der Waals surface area contributed by atoms with E-state index in [4.69, 9.17) is 5.26 Å². The van der Waals surface area contributed by atoms with Crippen LogP contribution in [-0.4, -0.2) is 28.5 Å². The molecule has 1 saturated carbocycles. The largest absolute Gasteiger partial charge is 0.508 e. The Morgan fingerprint density at radius 1 is 1.58 bits per heavy atom. The summed E-state index contributed by atoms with van der Waals surface area (Å²) in [4.78, 5) is 14.2. The molecule has 4 nitrogen and oxygen atoms in total. The van der Waals surface area contributed by atoms with E-state index in [0.29, 0.717) is 24.4 Å². The van der Waals surface area contributed by atoms with Crippen LogP contribution in [-0.2, 0) is 0 Å². The van der Waals surface area contributed by atoms with Crippen molar-refractivity contribution in [2.24, 2.45) is 5.92 Å². The van der Waals surface area contributed by atoms with Crippen molar-refractivity contribution < 1.29 is 9.90 Å². The Morgan fingerprint density at radius 3 is 2.89 bits per heavy atom. The van der Waals surface area contributed by atoms with Gasteiger partial charge in [0.15, 0.2) is 0 Å². The number of benzene rings is 1. The van der Waals surface area contributed by atoms with E-state index >= 15 is 0 Å². The van der Waals surface area contributed by atoms with Crippen LogP contribution in [0, 0.1) is 17.2 Å². The van der Waals surface area contributed by atoms with Crippen LogP contribution >= 0.6 is 0 Å². The summed E-state index contributed by atoms with van der Waals surface area (Å²) in [6.07, 6.45) is 2.64. The second kappa shape index (κ2) is 5.75. The zero-order valence-corrected chi connectivity index (χ0v) is 11.0. The molecule has 0 spiro atoms. The predicted octanol–water partition coefficient (Wildman–Crippen LogP) is 2.55. The fraction of sp³-hybridized carbons (Fsp3) is 0.467. The van der Waals surface area contributed by atoms with Gasteiger partial charge < -0.3 is 10.0 Å². The van der Waals surface area contributed by atoms with Gasteiger partial charge in [-0.1, -0.05) is 6.07 Å². The number of rotatable bonds is 5. The quantitative estimate of drug-likeness (QED) is 0.882. The van der Waals surface area contributed by atoms with Crippen LogP contribution in [0.2, 0.25) is 0 Å². The summed E-state index contributed by atoms with van der Waals surface area (Å²) in [6, 6.07) is 8.61. The van der Waals surface area contributed by atoms with Gasteiger partial charge in [-0.15, -0.1) is 0 Å². The third kappa shape index (κ3) is 3.25. The summed E-state index contributed by atoms with van der Waals surface area (Å²) in [6.45, 7) is 2.48. The number of carbonyl (C=O) groups is 1. The van der Waals surface area contributed by atoms with Gasteiger partial charge in [-0.05, 0) is 43.9 Å². The van der Waals surface area contributed by atoms with Crippen molar-refractivity contribution in [3.05, 3.63) is 29.8 Å². The molecule has 0 aliphatic heterocycles. The fourth-order valence-corrected chi connectivity index (χ4v) is 2.30. The smallest absolute Gasteiger partial charge is 0.254 e. The van der Waals surface area contributed by atoms with Crippen LogP contribution in [0.3, 0.4) is 0 Å². The average Bonchev–Trinajstić information content (AvgIpc) is 3.23. The minimum atomic E-state index is -0.106. The highest BCUT2D eigenvalue weighted by atomic mass is 16.3. The van der Waals surface area contributed by atoms with E-state index in [1.807, 2.05) is 6.92 Å². The van der Waals surface area contributed by atoms with E-state index in [0.717, 1.165) is 12.8 Å². The minimum absolute atomic E-state index is 0.0881. The molecular weight excluding hydrogens is 240 g/mol. The van der Waals surface area contributed by atoms with Gasteiger partial charge in [0.25, 0.3) is 5.91 Å². The van der Waals surface area contributed by atoms with Crippen LogP contribution in [0.5, 0.6) is 5.75 Å². The molecule has 0 radical (unpaired) electrons. The molecule has 1 atom stereocenters. The lowest BCUT2D eigenvalue weighted by Crippen LogP contribution is -2.40. The van der Waals surface area contributed by atoms with E-state index in [1.54, 1.807) is 23.1 Å². The van der Waals surface area contributed by atoms with E-state index in [9.17, 15) is 9.90 Å². The first kappa shape index (κ1) is 13.4. The molecular formula is C15H18N2O2. The number of amides is 1. The molecule has 1 unspecified atom stereocenters. The average molecular weight is 258 g/mol. The number of nitriles is 1. The van der Waals surface area contributed by atoms with Gasteiger partial charge in [0, 0.05) is 18.2 Å². The van der Waals surface area contributed by atoms with Crippen molar-refractivity contribution >= 4 is 5.91 Å². The Morgan fingerprint density at radius 2 is 2.32 bits per heavy atom. The first-order chi connectivity index (χ1) is 9.13.